The third-order valence-corrected chi connectivity index (χ3v) is 3.22. The summed E-state index contributed by atoms with van der Waals surface area (Å²) in [5, 5.41) is 6.10. The minimum Gasteiger partial charge on any atom is -0.273 e. The molecule has 1 heterocycles. The van der Waals surface area contributed by atoms with Gasteiger partial charge in [0.1, 0.15) is 18.0 Å². The highest BCUT2D eigenvalue weighted by Gasteiger charge is 2.46. The van der Waals surface area contributed by atoms with Crippen LogP contribution in [0.2, 0.25) is 0 Å². The third-order valence-electron chi connectivity index (χ3n) is 3.22. The zero-order valence-corrected chi connectivity index (χ0v) is 10.2. The maximum absolute atomic E-state index is 13.6. The largest absolute Gasteiger partial charge is 0.273 e. The van der Waals surface area contributed by atoms with E-state index in [2.05, 4.69) is 26.0 Å². The monoisotopic (exact) mass is 279 g/mol. The Labute approximate surface area is 112 Å². The number of carbonyl (C=O) groups is 1. The topological polar surface area (TPSA) is 82.7 Å². The van der Waals surface area contributed by atoms with Crippen LogP contribution in [-0.2, 0) is 4.79 Å². The predicted octanol–water partition coefficient (Wildman–Crippen LogP) is 1.33. The lowest BCUT2D eigenvalue weighted by Crippen LogP contribution is -2.31. The van der Waals surface area contributed by atoms with Crippen LogP contribution in [0.15, 0.2) is 24.5 Å². The maximum Gasteiger partial charge on any atom is 0.242 e. The summed E-state index contributed by atoms with van der Waals surface area (Å²) in [4.78, 5) is 15.6. The minimum absolute atomic E-state index is 0.0210. The Bertz CT molecular complexity index is 611. The summed E-state index contributed by atoms with van der Waals surface area (Å²) >= 11 is 0. The number of nitrogens with one attached hydrogen (secondary N) is 3. The molecule has 3 rings (SSSR count). The SMILES string of the molecule is O=C(NNc1ncn[nH]1)[C@@H]1C[C@H]1c1c(F)cccc1F. The van der Waals surface area contributed by atoms with E-state index in [-0.39, 0.29) is 17.4 Å². The highest BCUT2D eigenvalue weighted by atomic mass is 19.1. The molecule has 0 saturated heterocycles. The second-order valence-corrected chi connectivity index (χ2v) is 4.53. The predicted molar refractivity (Wildman–Crippen MR) is 65.4 cm³/mol. The molecule has 2 aromatic rings. The number of hydrogen-bond acceptors (Lipinski definition) is 4. The van der Waals surface area contributed by atoms with Crippen LogP contribution in [0.4, 0.5) is 14.7 Å². The number of aromatic amines is 1. The van der Waals surface area contributed by atoms with Crippen LogP contribution >= 0.6 is 0 Å². The molecule has 0 bridgehead atoms. The van der Waals surface area contributed by atoms with Gasteiger partial charge in [0, 0.05) is 17.4 Å². The molecule has 0 aliphatic heterocycles. The van der Waals surface area contributed by atoms with E-state index >= 15 is 0 Å². The van der Waals surface area contributed by atoms with E-state index in [0.29, 0.717) is 6.42 Å². The van der Waals surface area contributed by atoms with E-state index in [0.717, 1.165) is 0 Å². The molecule has 0 radical (unpaired) electrons. The molecule has 0 unspecified atom stereocenters. The van der Waals surface area contributed by atoms with E-state index in [9.17, 15) is 13.6 Å². The van der Waals surface area contributed by atoms with Crippen molar-refractivity contribution < 1.29 is 13.6 Å². The van der Waals surface area contributed by atoms with Crippen LogP contribution in [0.5, 0.6) is 0 Å². The van der Waals surface area contributed by atoms with Crippen LogP contribution in [0.25, 0.3) is 0 Å². The normalized spacial score (nSPS) is 20.5. The van der Waals surface area contributed by atoms with Crippen molar-refractivity contribution in [1.29, 1.82) is 0 Å². The van der Waals surface area contributed by atoms with E-state index in [1.54, 1.807) is 0 Å². The van der Waals surface area contributed by atoms with Gasteiger partial charge in [-0.05, 0) is 18.6 Å². The quantitative estimate of drug-likeness (QED) is 0.737. The fraction of sp³-hybridized carbons (Fsp3) is 0.250. The van der Waals surface area contributed by atoms with Gasteiger partial charge in [-0.1, -0.05) is 6.07 Å². The number of H-pyrrole nitrogens is 1. The molecule has 1 fully saturated rings. The van der Waals surface area contributed by atoms with Crippen LogP contribution in [0, 0.1) is 17.6 Å². The summed E-state index contributed by atoms with van der Waals surface area (Å²) in [6.45, 7) is 0. The lowest BCUT2D eigenvalue weighted by atomic mass is 10.1. The van der Waals surface area contributed by atoms with Crippen LogP contribution in [-0.4, -0.2) is 21.1 Å². The molecule has 0 spiro atoms. The first-order valence-corrected chi connectivity index (χ1v) is 6.02. The molecule has 2 atom stereocenters. The standard InChI is InChI=1S/C12H11F2N5O/c13-8-2-1-3-9(14)10(8)6-4-7(6)11(20)17-19-12-15-5-16-18-12/h1-3,5-7H,4H2,(H,17,20)(H2,15,16,18,19)/t6-,7-/m1/s1. The van der Waals surface area contributed by atoms with Gasteiger partial charge in [0.15, 0.2) is 0 Å². The first-order valence-electron chi connectivity index (χ1n) is 6.02. The molecule has 20 heavy (non-hydrogen) atoms. The van der Waals surface area contributed by atoms with Gasteiger partial charge < -0.3 is 0 Å². The van der Waals surface area contributed by atoms with Crippen molar-refractivity contribution >= 4 is 11.9 Å². The number of anilines is 1. The van der Waals surface area contributed by atoms with Crippen molar-refractivity contribution in [3.8, 4) is 0 Å². The molecule has 1 saturated carbocycles. The number of hydrazine groups is 1. The zero-order valence-electron chi connectivity index (χ0n) is 10.2. The third kappa shape index (κ3) is 2.31. The Morgan fingerprint density at radius 2 is 2.10 bits per heavy atom. The Kier molecular flexibility index (Phi) is 3.05. The molecular weight excluding hydrogens is 268 g/mol. The lowest BCUT2D eigenvalue weighted by Gasteiger charge is -2.06. The van der Waals surface area contributed by atoms with Gasteiger partial charge in [-0.2, -0.15) is 10.1 Å². The van der Waals surface area contributed by atoms with Crippen molar-refractivity contribution in [1.82, 2.24) is 20.6 Å². The van der Waals surface area contributed by atoms with Gasteiger partial charge in [-0.3, -0.25) is 15.6 Å². The first-order chi connectivity index (χ1) is 9.66. The summed E-state index contributed by atoms with van der Waals surface area (Å²) in [5.41, 5.74) is 4.93. The van der Waals surface area contributed by atoms with Crippen LogP contribution in [0.1, 0.15) is 17.9 Å². The van der Waals surface area contributed by atoms with E-state index < -0.39 is 23.5 Å². The molecule has 1 aromatic heterocycles. The van der Waals surface area contributed by atoms with Gasteiger partial charge in [0.05, 0.1) is 0 Å². The van der Waals surface area contributed by atoms with Gasteiger partial charge >= 0.3 is 0 Å². The number of amides is 1. The molecule has 3 N–H and O–H groups in total. The van der Waals surface area contributed by atoms with Gasteiger partial charge in [-0.15, -0.1) is 0 Å². The number of rotatable bonds is 4. The van der Waals surface area contributed by atoms with E-state index in [1.165, 1.54) is 24.5 Å². The Morgan fingerprint density at radius 1 is 1.35 bits per heavy atom. The molecule has 104 valence electrons. The second-order valence-electron chi connectivity index (χ2n) is 4.53. The average molecular weight is 279 g/mol. The molecular formula is C12H11F2N5O. The molecule has 1 aliphatic rings. The molecule has 1 aliphatic carbocycles. The molecule has 1 amide bonds. The van der Waals surface area contributed by atoms with Gasteiger partial charge in [0.25, 0.3) is 0 Å². The van der Waals surface area contributed by atoms with E-state index in [1.807, 2.05) is 0 Å². The van der Waals surface area contributed by atoms with Crippen molar-refractivity contribution in [3.63, 3.8) is 0 Å². The fourth-order valence-corrected chi connectivity index (χ4v) is 2.15. The number of aromatic nitrogens is 3. The van der Waals surface area contributed by atoms with Crippen LogP contribution in [0.3, 0.4) is 0 Å². The summed E-state index contributed by atoms with van der Waals surface area (Å²) in [7, 11) is 0. The zero-order chi connectivity index (χ0) is 14.1. The Morgan fingerprint density at radius 3 is 2.75 bits per heavy atom. The Balaban J connectivity index is 1.62. The first kappa shape index (κ1) is 12.5. The lowest BCUT2D eigenvalue weighted by molar-refractivity contribution is -0.121. The second kappa shape index (κ2) is 4.87. The summed E-state index contributed by atoms with van der Waals surface area (Å²) in [6, 6.07) is 3.69. The maximum atomic E-state index is 13.6. The Hall–Kier alpha value is -2.51. The van der Waals surface area contributed by atoms with E-state index in [4.69, 9.17) is 0 Å². The highest BCUT2D eigenvalue weighted by Crippen LogP contribution is 2.49. The molecule has 1 aromatic carbocycles. The van der Waals surface area contributed by atoms with Gasteiger partial charge in [-0.25, -0.2) is 13.9 Å². The number of nitrogens with zero attached hydrogens (tertiary/aromatic N) is 2. The number of benzene rings is 1. The van der Waals surface area contributed by atoms with Crippen molar-refractivity contribution in [3.05, 3.63) is 41.7 Å². The average Bonchev–Trinajstić information content (AvgIpc) is 3.02. The van der Waals surface area contributed by atoms with Crippen molar-refractivity contribution in [2.24, 2.45) is 5.92 Å². The van der Waals surface area contributed by atoms with Crippen molar-refractivity contribution in [2.45, 2.75) is 12.3 Å². The van der Waals surface area contributed by atoms with Crippen LogP contribution < -0.4 is 10.9 Å². The summed E-state index contributed by atoms with van der Waals surface area (Å²) in [5.74, 6) is -2.16. The smallest absolute Gasteiger partial charge is 0.242 e. The van der Waals surface area contributed by atoms with Crippen molar-refractivity contribution in [2.75, 3.05) is 5.43 Å². The summed E-state index contributed by atoms with van der Waals surface area (Å²) < 4.78 is 27.2. The highest BCUT2D eigenvalue weighted by molar-refractivity contribution is 5.83. The molecule has 8 heteroatoms. The fourth-order valence-electron chi connectivity index (χ4n) is 2.15. The summed E-state index contributed by atoms with van der Waals surface area (Å²) in [6.07, 6.45) is 1.70. The minimum atomic E-state index is -0.617. The number of carbonyl (C=O) groups excluding carboxylic acids is 1. The number of halogens is 2. The number of hydrogen-bond donors (Lipinski definition) is 3. The molecule has 6 nitrogen and oxygen atoms in total. The van der Waals surface area contributed by atoms with Gasteiger partial charge in [0.2, 0.25) is 11.9 Å².